The Bertz CT molecular complexity index is 655. The van der Waals surface area contributed by atoms with Gasteiger partial charge in [-0.25, -0.2) is 0 Å². The van der Waals surface area contributed by atoms with E-state index in [1.807, 2.05) is 63.2 Å². The highest BCUT2D eigenvalue weighted by Crippen LogP contribution is 2.29. The number of hydrazone groups is 1. The Morgan fingerprint density at radius 3 is 2.52 bits per heavy atom. The monoisotopic (exact) mass is 332 g/mol. The summed E-state index contributed by atoms with van der Waals surface area (Å²) in [6.45, 7) is 6.50. The largest absolute Gasteiger partial charge is 0.490 e. The van der Waals surface area contributed by atoms with Crippen LogP contribution in [0.15, 0.2) is 47.6 Å². The topological polar surface area (TPSA) is 42.8 Å². The van der Waals surface area contributed by atoms with E-state index < -0.39 is 0 Å². The fourth-order valence-electron chi connectivity index (χ4n) is 1.93. The van der Waals surface area contributed by atoms with E-state index in [1.54, 1.807) is 6.21 Å². The Balaban J connectivity index is 2.08. The summed E-state index contributed by atoms with van der Waals surface area (Å²) in [5.41, 5.74) is 4.75. The number of nitrogens with zero attached hydrogens (tertiary/aromatic N) is 1. The van der Waals surface area contributed by atoms with E-state index >= 15 is 0 Å². The SMILES string of the molecule is CCOc1cc(C=NNc2ccc(Cl)cc2)ccc1OC(C)C. The molecular weight excluding hydrogens is 312 g/mol. The summed E-state index contributed by atoms with van der Waals surface area (Å²) < 4.78 is 11.4. The van der Waals surface area contributed by atoms with E-state index in [4.69, 9.17) is 21.1 Å². The van der Waals surface area contributed by atoms with Gasteiger partial charge in [-0.05, 0) is 68.8 Å². The second-order valence-corrected chi connectivity index (χ2v) is 5.62. The quantitative estimate of drug-likeness (QED) is 0.575. The number of halogens is 1. The molecule has 0 atom stereocenters. The number of benzene rings is 2. The third-order valence-corrected chi connectivity index (χ3v) is 3.13. The van der Waals surface area contributed by atoms with E-state index in [9.17, 15) is 0 Å². The molecule has 0 fully saturated rings. The smallest absolute Gasteiger partial charge is 0.161 e. The normalized spacial score (nSPS) is 11.0. The van der Waals surface area contributed by atoms with E-state index in [0.29, 0.717) is 11.6 Å². The van der Waals surface area contributed by atoms with Crippen LogP contribution in [0.2, 0.25) is 5.02 Å². The number of ether oxygens (including phenoxy) is 2. The maximum absolute atomic E-state index is 5.85. The first-order valence-electron chi connectivity index (χ1n) is 7.56. The molecule has 4 nitrogen and oxygen atoms in total. The molecule has 0 spiro atoms. The number of rotatable bonds is 7. The predicted molar refractivity (Wildman–Crippen MR) is 96.0 cm³/mol. The summed E-state index contributed by atoms with van der Waals surface area (Å²) >= 11 is 5.85. The van der Waals surface area contributed by atoms with E-state index in [1.165, 1.54) is 0 Å². The zero-order valence-electron chi connectivity index (χ0n) is 13.5. The van der Waals surface area contributed by atoms with Crippen LogP contribution in [-0.2, 0) is 0 Å². The van der Waals surface area contributed by atoms with Gasteiger partial charge < -0.3 is 9.47 Å². The van der Waals surface area contributed by atoms with Crippen molar-refractivity contribution in [1.82, 2.24) is 0 Å². The Kier molecular flexibility index (Phi) is 6.29. The molecule has 0 saturated heterocycles. The molecule has 1 N–H and O–H groups in total. The zero-order chi connectivity index (χ0) is 16.7. The third-order valence-electron chi connectivity index (χ3n) is 2.88. The Morgan fingerprint density at radius 2 is 1.87 bits per heavy atom. The van der Waals surface area contributed by atoms with Gasteiger partial charge in [0.05, 0.1) is 24.6 Å². The predicted octanol–water partition coefficient (Wildman–Crippen LogP) is 4.97. The van der Waals surface area contributed by atoms with Crippen LogP contribution >= 0.6 is 11.6 Å². The maximum Gasteiger partial charge on any atom is 0.161 e. The lowest BCUT2D eigenvalue weighted by molar-refractivity contribution is 0.224. The number of hydrogen-bond donors (Lipinski definition) is 1. The first kappa shape index (κ1) is 17.2. The van der Waals surface area contributed by atoms with Crippen LogP contribution in [0, 0.1) is 0 Å². The highest BCUT2D eigenvalue weighted by Gasteiger charge is 2.07. The zero-order valence-corrected chi connectivity index (χ0v) is 14.3. The van der Waals surface area contributed by atoms with Crippen LogP contribution in [0.4, 0.5) is 5.69 Å². The van der Waals surface area contributed by atoms with Crippen LogP contribution in [-0.4, -0.2) is 18.9 Å². The molecule has 0 saturated carbocycles. The molecule has 0 bridgehead atoms. The van der Waals surface area contributed by atoms with Gasteiger partial charge in [0.25, 0.3) is 0 Å². The van der Waals surface area contributed by atoms with Gasteiger partial charge in [0.15, 0.2) is 11.5 Å². The molecule has 122 valence electrons. The fourth-order valence-corrected chi connectivity index (χ4v) is 2.06. The van der Waals surface area contributed by atoms with Crippen molar-refractivity contribution < 1.29 is 9.47 Å². The summed E-state index contributed by atoms with van der Waals surface area (Å²) in [7, 11) is 0. The van der Waals surface area contributed by atoms with Gasteiger partial charge in [0.1, 0.15) is 0 Å². The molecule has 0 aromatic heterocycles. The molecular formula is C18H21ClN2O2. The lowest BCUT2D eigenvalue weighted by Crippen LogP contribution is -2.07. The number of nitrogens with one attached hydrogen (secondary N) is 1. The first-order chi connectivity index (χ1) is 11.1. The molecule has 2 rings (SSSR count). The van der Waals surface area contributed by atoms with Crippen molar-refractivity contribution in [3.63, 3.8) is 0 Å². The summed E-state index contributed by atoms with van der Waals surface area (Å²) in [4.78, 5) is 0. The van der Waals surface area contributed by atoms with Crippen LogP contribution in [0.3, 0.4) is 0 Å². The summed E-state index contributed by atoms with van der Waals surface area (Å²) in [6, 6.07) is 13.1. The van der Waals surface area contributed by atoms with Gasteiger partial charge in [-0.3, -0.25) is 5.43 Å². The van der Waals surface area contributed by atoms with Crippen molar-refractivity contribution in [2.24, 2.45) is 5.10 Å². The van der Waals surface area contributed by atoms with Crippen molar-refractivity contribution in [1.29, 1.82) is 0 Å². The molecule has 2 aromatic carbocycles. The van der Waals surface area contributed by atoms with Gasteiger partial charge >= 0.3 is 0 Å². The number of anilines is 1. The van der Waals surface area contributed by atoms with Gasteiger partial charge in [0, 0.05) is 5.02 Å². The van der Waals surface area contributed by atoms with E-state index in [0.717, 1.165) is 22.7 Å². The van der Waals surface area contributed by atoms with Crippen LogP contribution in [0.5, 0.6) is 11.5 Å². The van der Waals surface area contributed by atoms with Crippen molar-refractivity contribution in [3.05, 3.63) is 53.1 Å². The fraction of sp³-hybridized carbons (Fsp3) is 0.278. The van der Waals surface area contributed by atoms with E-state index in [-0.39, 0.29) is 6.10 Å². The molecule has 0 heterocycles. The molecule has 5 heteroatoms. The number of hydrogen-bond acceptors (Lipinski definition) is 4. The standard InChI is InChI=1S/C18H21ClN2O2/c1-4-22-18-11-14(5-10-17(18)23-13(2)3)12-20-21-16-8-6-15(19)7-9-16/h5-13,21H,4H2,1-3H3. The Morgan fingerprint density at radius 1 is 1.13 bits per heavy atom. The van der Waals surface area contributed by atoms with Gasteiger partial charge in [-0.1, -0.05) is 11.6 Å². The molecule has 0 aliphatic heterocycles. The summed E-state index contributed by atoms with van der Waals surface area (Å²) in [5.74, 6) is 1.46. The highest BCUT2D eigenvalue weighted by atomic mass is 35.5. The first-order valence-corrected chi connectivity index (χ1v) is 7.94. The van der Waals surface area contributed by atoms with Crippen molar-refractivity contribution in [2.75, 3.05) is 12.0 Å². The van der Waals surface area contributed by atoms with Gasteiger partial charge in [0.2, 0.25) is 0 Å². The minimum absolute atomic E-state index is 0.0975. The van der Waals surface area contributed by atoms with E-state index in [2.05, 4.69) is 10.5 Å². The van der Waals surface area contributed by atoms with Crippen molar-refractivity contribution in [3.8, 4) is 11.5 Å². The Hall–Kier alpha value is -2.20. The summed E-state index contributed by atoms with van der Waals surface area (Å²) in [5, 5.41) is 4.91. The minimum atomic E-state index is 0.0975. The third kappa shape index (κ3) is 5.49. The molecule has 23 heavy (non-hydrogen) atoms. The molecule has 2 aromatic rings. The minimum Gasteiger partial charge on any atom is -0.490 e. The second-order valence-electron chi connectivity index (χ2n) is 5.18. The van der Waals surface area contributed by atoms with Crippen LogP contribution < -0.4 is 14.9 Å². The maximum atomic E-state index is 5.85. The van der Waals surface area contributed by atoms with Gasteiger partial charge in [-0.2, -0.15) is 5.10 Å². The average Bonchev–Trinajstić information content (AvgIpc) is 2.51. The van der Waals surface area contributed by atoms with Crippen molar-refractivity contribution in [2.45, 2.75) is 26.9 Å². The van der Waals surface area contributed by atoms with Crippen molar-refractivity contribution >= 4 is 23.5 Å². The average molecular weight is 333 g/mol. The molecule has 0 radical (unpaired) electrons. The van der Waals surface area contributed by atoms with Gasteiger partial charge in [-0.15, -0.1) is 0 Å². The van der Waals surface area contributed by atoms with Crippen LogP contribution in [0.25, 0.3) is 0 Å². The molecule has 0 amide bonds. The molecule has 0 aliphatic rings. The molecule has 0 aliphatic carbocycles. The molecule has 0 unspecified atom stereocenters. The van der Waals surface area contributed by atoms with Crippen LogP contribution in [0.1, 0.15) is 26.3 Å². The Labute approximate surface area is 142 Å². The summed E-state index contributed by atoms with van der Waals surface area (Å²) in [6.07, 6.45) is 1.83. The second kappa shape index (κ2) is 8.44. The lowest BCUT2D eigenvalue weighted by Gasteiger charge is -2.14. The highest BCUT2D eigenvalue weighted by molar-refractivity contribution is 6.30. The lowest BCUT2D eigenvalue weighted by atomic mass is 10.2.